The minimum atomic E-state index is -1.61. The predicted octanol–water partition coefficient (Wildman–Crippen LogP) is 3.78. The molecule has 1 N–H and O–H groups in total. The first kappa shape index (κ1) is 15.2. The fourth-order valence-electron chi connectivity index (χ4n) is 1.49. The van der Waals surface area contributed by atoms with Gasteiger partial charge in [0.1, 0.15) is 0 Å². The van der Waals surface area contributed by atoms with Crippen LogP contribution in [-0.2, 0) is 10.8 Å². The summed E-state index contributed by atoms with van der Waals surface area (Å²) in [6, 6.07) is 1.90. The lowest BCUT2D eigenvalue weighted by atomic mass is 10.2. The Morgan fingerprint density at radius 3 is 2.56 bits per heavy atom. The molecule has 3 nitrogen and oxygen atoms in total. The van der Waals surface area contributed by atoms with Gasteiger partial charge >= 0.3 is 0 Å². The molecule has 1 heterocycles. The summed E-state index contributed by atoms with van der Waals surface area (Å²) in [5.41, 5.74) is 1.83. The van der Waals surface area contributed by atoms with Crippen LogP contribution in [0.2, 0.25) is 18.1 Å². The SMILES string of the molecule is CC(C)(C)[Si](C)(C)OCCCc1c[nH]c(C=O)c1. The van der Waals surface area contributed by atoms with Gasteiger partial charge in [-0.25, -0.2) is 0 Å². The third kappa shape index (κ3) is 4.10. The van der Waals surface area contributed by atoms with Crippen LogP contribution in [0.15, 0.2) is 12.3 Å². The molecule has 0 saturated heterocycles. The molecule has 102 valence electrons. The van der Waals surface area contributed by atoms with E-state index < -0.39 is 8.32 Å². The number of nitrogens with one attached hydrogen (secondary N) is 1. The highest BCUT2D eigenvalue weighted by molar-refractivity contribution is 6.74. The molecule has 0 radical (unpaired) electrons. The summed E-state index contributed by atoms with van der Waals surface area (Å²) >= 11 is 0. The molecule has 0 bridgehead atoms. The van der Waals surface area contributed by atoms with E-state index >= 15 is 0 Å². The Kier molecular flexibility index (Phi) is 4.93. The van der Waals surface area contributed by atoms with Crippen molar-refractivity contribution in [1.82, 2.24) is 4.98 Å². The van der Waals surface area contributed by atoms with Crippen LogP contribution < -0.4 is 0 Å². The van der Waals surface area contributed by atoms with Crippen molar-refractivity contribution in [2.75, 3.05) is 6.61 Å². The summed E-state index contributed by atoms with van der Waals surface area (Å²) in [5, 5.41) is 0.270. The highest BCUT2D eigenvalue weighted by atomic mass is 28.4. The van der Waals surface area contributed by atoms with Crippen molar-refractivity contribution >= 4 is 14.6 Å². The van der Waals surface area contributed by atoms with Crippen LogP contribution in [-0.4, -0.2) is 26.2 Å². The Morgan fingerprint density at radius 1 is 1.39 bits per heavy atom. The van der Waals surface area contributed by atoms with Gasteiger partial charge in [-0.1, -0.05) is 20.8 Å². The van der Waals surface area contributed by atoms with Crippen LogP contribution >= 0.6 is 0 Å². The molecule has 0 aliphatic carbocycles. The zero-order valence-electron chi connectivity index (χ0n) is 12.2. The summed E-state index contributed by atoms with van der Waals surface area (Å²) in [6.07, 6.45) is 4.70. The molecule has 4 heteroatoms. The molecule has 18 heavy (non-hydrogen) atoms. The number of carbonyl (C=O) groups is 1. The van der Waals surface area contributed by atoms with E-state index in [1.165, 1.54) is 5.56 Å². The average molecular weight is 267 g/mol. The maximum Gasteiger partial charge on any atom is 0.191 e. The second-order valence-corrected chi connectivity index (χ2v) is 11.1. The number of hydrogen-bond donors (Lipinski definition) is 1. The first-order valence-electron chi connectivity index (χ1n) is 6.53. The normalized spacial score (nSPS) is 12.7. The van der Waals surface area contributed by atoms with E-state index in [0.29, 0.717) is 5.69 Å². The molecule has 0 aliphatic heterocycles. The summed E-state index contributed by atoms with van der Waals surface area (Å²) in [4.78, 5) is 13.5. The van der Waals surface area contributed by atoms with E-state index in [1.807, 2.05) is 12.3 Å². The molecule has 0 atom stereocenters. The number of hydrogen-bond acceptors (Lipinski definition) is 2. The minimum Gasteiger partial charge on any atom is -0.417 e. The molecular formula is C14H25NO2Si. The molecule has 1 aromatic rings. The number of aldehydes is 1. The largest absolute Gasteiger partial charge is 0.417 e. The van der Waals surface area contributed by atoms with Gasteiger partial charge in [-0.2, -0.15) is 0 Å². The highest BCUT2D eigenvalue weighted by Crippen LogP contribution is 2.36. The van der Waals surface area contributed by atoms with E-state index in [9.17, 15) is 4.79 Å². The standard InChI is InChI=1S/C14H25NO2Si/c1-14(2,3)18(4,5)17-8-6-7-12-9-13(11-16)15-10-12/h9-11,15H,6-8H2,1-5H3. The first-order valence-corrected chi connectivity index (χ1v) is 9.43. The topological polar surface area (TPSA) is 42.1 Å². The van der Waals surface area contributed by atoms with E-state index in [2.05, 4.69) is 38.8 Å². The average Bonchev–Trinajstić information content (AvgIpc) is 2.70. The molecule has 0 unspecified atom stereocenters. The van der Waals surface area contributed by atoms with Crippen LogP contribution in [0.5, 0.6) is 0 Å². The Morgan fingerprint density at radius 2 is 2.06 bits per heavy atom. The summed E-state index contributed by atoms with van der Waals surface area (Å²) < 4.78 is 6.11. The molecule has 0 saturated carbocycles. The lowest BCUT2D eigenvalue weighted by Crippen LogP contribution is -2.41. The maximum atomic E-state index is 10.5. The highest BCUT2D eigenvalue weighted by Gasteiger charge is 2.36. The van der Waals surface area contributed by atoms with Gasteiger partial charge in [0.2, 0.25) is 0 Å². The third-order valence-electron chi connectivity index (χ3n) is 3.77. The van der Waals surface area contributed by atoms with E-state index in [0.717, 1.165) is 25.7 Å². The van der Waals surface area contributed by atoms with Crippen LogP contribution in [0, 0.1) is 0 Å². The molecule has 0 amide bonds. The van der Waals surface area contributed by atoms with Crippen molar-refractivity contribution in [2.45, 2.75) is 51.7 Å². The van der Waals surface area contributed by atoms with Gasteiger partial charge in [-0.3, -0.25) is 4.79 Å². The monoisotopic (exact) mass is 267 g/mol. The van der Waals surface area contributed by atoms with E-state index in [4.69, 9.17) is 4.43 Å². The fraction of sp³-hybridized carbons (Fsp3) is 0.643. The van der Waals surface area contributed by atoms with Crippen LogP contribution in [0.25, 0.3) is 0 Å². The molecule has 0 spiro atoms. The van der Waals surface area contributed by atoms with Crippen LogP contribution in [0.4, 0.5) is 0 Å². The van der Waals surface area contributed by atoms with E-state index in [-0.39, 0.29) is 5.04 Å². The van der Waals surface area contributed by atoms with Crippen molar-refractivity contribution in [1.29, 1.82) is 0 Å². The Bertz CT molecular complexity index is 391. The molecule has 0 fully saturated rings. The van der Waals surface area contributed by atoms with Crippen LogP contribution in [0.1, 0.15) is 43.2 Å². The molecule has 1 rings (SSSR count). The van der Waals surface area contributed by atoms with Crippen molar-refractivity contribution in [3.63, 3.8) is 0 Å². The number of aryl methyl sites for hydroxylation is 1. The Hall–Kier alpha value is -0.873. The summed E-state index contributed by atoms with van der Waals surface area (Å²) in [5.74, 6) is 0. The minimum absolute atomic E-state index is 0.270. The lowest BCUT2D eigenvalue weighted by molar-refractivity contribution is 0.111. The van der Waals surface area contributed by atoms with Gasteiger partial charge in [0.05, 0.1) is 5.69 Å². The zero-order chi connectivity index (χ0) is 13.8. The third-order valence-corrected chi connectivity index (χ3v) is 8.31. The van der Waals surface area contributed by atoms with Gasteiger partial charge in [-0.05, 0) is 42.6 Å². The van der Waals surface area contributed by atoms with Crippen molar-refractivity contribution in [2.24, 2.45) is 0 Å². The van der Waals surface area contributed by atoms with Gasteiger partial charge in [-0.15, -0.1) is 0 Å². The van der Waals surface area contributed by atoms with Crippen molar-refractivity contribution in [3.05, 3.63) is 23.5 Å². The number of rotatable bonds is 6. The van der Waals surface area contributed by atoms with Gasteiger partial charge < -0.3 is 9.41 Å². The number of H-pyrrole nitrogens is 1. The van der Waals surface area contributed by atoms with Crippen molar-refractivity contribution in [3.8, 4) is 0 Å². The maximum absolute atomic E-state index is 10.5. The smallest absolute Gasteiger partial charge is 0.191 e. The second kappa shape index (κ2) is 5.84. The molecule has 1 aromatic heterocycles. The lowest BCUT2D eigenvalue weighted by Gasteiger charge is -2.36. The predicted molar refractivity (Wildman–Crippen MR) is 77.7 cm³/mol. The van der Waals surface area contributed by atoms with Gasteiger partial charge in [0, 0.05) is 12.8 Å². The van der Waals surface area contributed by atoms with E-state index in [1.54, 1.807) is 0 Å². The number of carbonyl (C=O) groups excluding carboxylic acids is 1. The number of aromatic nitrogens is 1. The van der Waals surface area contributed by atoms with Crippen molar-refractivity contribution < 1.29 is 9.22 Å². The zero-order valence-corrected chi connectivity index (χ0v) is 13.2. The van der Waals surface area contributed by atoms with Gasteiger partial charge in [0.25, 0.3) is 0 Å². The Balaban J connectivity index is 2.33. The Labute approximate surface area is 111 Å². The molecule has 0 aromatic carbocycles. The molecular weight excluding hydrogens is 242 g/mol. The summed E-state index contributed by atoms with van der Waals surface area (Å²) in [7, 11) is -1.61. The number of aromatic amines is 1. The fourth-order valence-corrected chi connectivity index (χ4v) is 2.58. The van der Waals surface area contributed by atoms with Crippen LogP contribution in [0.3, 0.4) is 0 Å². The summed E-state index contributed by atoms with van der Waals surface area (Å²) in [6.45, 7) is 12.1. The van der Waals surface area contributed by atoms with Gasteiger partial charge in [0.15, 0.2) is 14.6 Å². The quantitative estimate of drug-likeness (QED) is 0.484. The first-order chi connectivity index (χ1) is 8.26. The second-order valence-electron chi connectivity index (χ2n) is 6.29. The molecule has 0 aliphatic rings.